The molecule has 0 aliphatic heterocycles. The van der Waals surface area contributed by atoms with Crippen molar-refractivity contribution in [2.75, 3.05) is 18.5 Å². The SMILES string of the molecule is CCCc1cc(NC(=O)CCOCC(F)F)n[nH]1. The quantitative estimate of drug-likeness (QED) is 0.703. The molecule has 0 aromatic carbocycles. The van der Waals surface area contributed by atoms with Crippen LogP contribution in [0, 0.1) is 0 Å². The highest BCUT2D eigenvalue weighted by atomic mass is 19.3. The average Bonchev–Trinajstić information content (AvgIpc) is 2.72. The Labute approximate surface area is 104 Å². The Bertz CT molecular complexity index is 369. The fourth-order valence-electron chi connectivity index (χ4n) is 1.37. The van der Waals surface area contributed by atoms with Gasteiger partial charge in [-0.05, 0) is 6.42 Å². The Morgan fingerprint density at radius 3 is 3.06 bits per heavy atom. The van der Waals surface area contributed by atoms with Gasteiger partial charge >= 0.3 is 0 Å². The molecule has 1 amide bonds. The molecule has 0 radical (unpaired) electrons. The molecule has 1 rings (SSSR count). The highest BCUT2D eigenvalue weighted by Crippen LogP contribution is 2.07. The molecule has 0 atom stereocenters. The second-order valence-corrected chi connectivity index (χ2v) is 3.79. The smallest absolute Gasteiger partial charge is 0.261 e. The number of carbonyl (C=O) groups is 1. The zero-order valence-corrected chi connectivity index (χ0v) is 10.2. The molecule has 1 heterocycles. The summed E-state index contributed by atoms with van der Waals surface area (Å²) in [6.45, 7) is 1.37. The van der Waals surface area contributed by atoms with Gasteiger partial charge in [0.25, 0.3) is 6.43 Å². The maximum absolute atomic E-state index is 11.7. The van der Waals surface area contributed by atoms with E-state index < -0.39 is 13.0 Å². The predicted octanol–water partition coefficient (Wildman–Crippen LogP) is 1.97. The van der Waals surface area contributed by atoms with Gasteiger partial charge in [0.15, 0.2) is 5.82 Å². The average molecular weight is 261 g/mol. The Balaban J connectivity index is 2.22. The molecule has 1 aromatic rings. The first-order chi connectivity index (χ1) is 8.61. The third-order valence-corrected chi connectivity index (χ3v) is 2.14. The summed E-state index contributed by atoms with van der Waals surface area (Å²) >= 11 is 0. The van der Waals surface area contributed by atoms with Gasteiger partial charge in [0.1, 0.15) is 6.61 Å². The molecule has 0 bridgehead atoms. The molecule has 7 heteroatoms. The van der Waals surface area contributed by atoms with E-state index in [0.717, 1.165) is 18.5 Å². The van der Waals surface area contributed by atoms with E-state index in [1.54, 1.807) is 6.07 Å². The van der Waals surface area contributed by atoms with Gasteiger partial charge in [0.05, 0.1) is 13.0 Å². The van der Waals surface area contributed by atoms with Gasteiger partial charge in [-0.3, -0.25) is 9.89 Å². The second kappa shape index (κ2) is 7.75. The number of carbonyl (C=O) groups excluding carboxylic acids is 1. The van der Waals surface area contributed by atoms with E-state index >= 15 is 0 Å². The van der Waals surface area contributed by atoms with E-state index in [2.05, 4.69) is 20.3 Å². The number of anilines is 1. The number of alkyl halides is 2. The van der Waals surface area contributed by atoms with Gasteiger partial charge in [0.2, 0.25) is 5.91 Å². The lowest BCUT2D eigenvalue weighted by atomic mass is 10.2. The minimum Gasteiger partial charge on any atom is -0.375 e. The monoisotopic (exact) mass is 261 g/mol. The molecule has 0 spiro atoms. The lowest BCUT2D eigenvalue weighted by Crippen LogP contribution is -2.15. The number of ether oxygens (including phenoxy) is 1. The molecule has 0 aliphatic rings. The molecule has 5 nitrogen and oxygen atoms in total. The lowest BCUT2D eigenvalue weighted by Gasteiger charge is -2.03. The van der Waals surface area contributed by atoms with Crippen molar-refractivity contribution in [1.82, 2.24) is 10.2 Å². The van der Waals surface area contributed by atoms with Gasteiger partial charge < -0.3 is 10.1 Å². The van der Waals surface area contributed by atoms with Crippen LogP contribution >= 0.6 is 0 Å². The van der Waals surface area contributed by atoms with Gasteiger partial charge in [-0.25, -0.2) is 8.78 Å². The van der Waals surface area contributed by atoms with Gasteiger partial charge in [-0.1, -0.05) is 13.3 Å². The number of rotatable bonds is 8. The fourth-order valence-corrected chi connectivity index (χ4v) is 1.37. The van der Waals surface area contributed by atoms with Crippen LogP contribution in [-0.2, 0) is 16.0 Å². The number of nitrogens with one attached hydrogen (secondary N) is 2. The van der Waals surface area contributed by atoms with Crippen LogP contribution in [0.15, 0.2) is 6.07 Å². The van der Waals surface area contributed by atoms with Crippen LogP contribution in [0.3, 0.4) is 0 Å². The second-order valence-electron chi connectivity index (χ2n) is 3.79. The first kappa shape index (κ1) is 14.6. The number of hydrogen-bond acceptors (Lipinski definition) is 3. The molecular weight excluding hydrogens is 244 g/mol. The van der Waals surface area contributed by atoms with Crippen molar-refractivity contribution in [3.63, 3.8) is 0 Å². The third kappa shape index (κ3) is 5.72. The summed E-state index contributed by atoms with van der Waals surface area (Å²) in [6.07, 6.45) is -0.629. The van der Waals surface area contributed by atoms with Crippen molar-refractivity contribution < 1.29 is 18.3 Å². The Kier molecular flexibility index (Phi) is 6.27. The molecule has 0 saturated heterocycles. The molecule has 0 unspecified atom stereocenters. The number of H-pyrrole nitrogens is 1. The van der Waals surface area contributed by atoms with Crippen molar-refractivity contribution >= 4 is 11.7 Å². The maximum atomic E-state index is 11.7. The summed E-state index contributed by atoms with van der Waals surface area (Å²) < 4.78 is 28.1. The zero-order valence-electron chi connectivity index (χ0n) is 10.2. The third-order valence-electron chi connectivity index (χ3n) is 2.14. The first-order valence-corrected chi connectivity index (χ1v) is 5.81. The largest absolute Gasteiger partial charge is 0.375 e. The van der Waals surface area contributed by atoms with E-state index in [4.69, 9.17) is 0 Å². The van der Waals surface area contributed by atoms with Gasteiger partial charge in [-0.15, -0.1) is 0 Å². The first-order valence-electron chi connectivity index (χ1n) is 5.81. The van der Waals surface area contributed by atoms with Crippen LogP contribution in [0.4, 0.5) is 14.6 Å². The van der Waals surface area contributed by atoms with Crippen molar-refractivity contribution in [2.45, 2.75) is 32.6 Å². The number of amides is 1. The predicted molar refractivity (Wildman–Crippen MR) is 62.7 cm³/mol. The summed E-state index contributed by atoms with van der Waals surface area (Å²) in [5.41, 5.74) is 0.946. The maximum Gasteiger partial charge on any atom is 0.261 e. The molecule has 18 heavy (non-hydrogen) atoms. The van der Waals surface area contributed by atoms with Crippen molar-refractivity contribution in [1.29, 1.82) is 0 Å². The highest BCUT2D eigenvalue weighted by molar-refractivity contribution is 5.89. The lowest BCUT2D eigenvalue weighted by molar-refractivity contribution is -0.117. The minimum absolute atomic E-state index is 0.0254. The van der Waals surface area contributed by atoms with E-state index in [9.17, 15) is 13.6 Å². The molecule has 0 saturated carbocycles. The van der Waals surface area contributed by atoms with Crippen LogP contribution in [0.1, 0.15) is 25.5 Å². The molecular formula is C11H17F2N3O2. The number of aromatic amines is 1. The molecule has 0 aliphatic carbocycles. The molecule has 102 valence electrons. The normalized spacial score (nSPS) is 10.9. The van der Waals surface area contributed by atoms with Crippen molar-refractivity contribution in [2.24, 2.45) is 0 Å². The van der Waals surface area contributed by atoms with E-state index in [-0.39, 0.29) is 18.9 Å². The van der Waals surface area contributed by atoms with Crippen LogP contribution in [0.5, 0.6) is 0 Å². The van der Waals surface area contributed by atoms with Crippen LogP contribution in [0.25, 0.3) is 0 Å². The number of aromatic nitrogens is 2. The standard InChI is InChI=1S/C11H17F2N3O2/c1-2-3-8-6-10(16-15-8)14-11(17)4-5-18-7-9(12)13/h6,9H,2-5,7H2,1H3,(H2,14,15,16,17). The summed E-state index contributed by atoms with van der Waals surface area (Å²) in [4.78, 5) is 11.4. The van der Waals surface area contributed by atoms with Gasteiger partial charge in [0, 0.05) is 11.8 Å². The number of hydrogen-bond donors (Lipinski definition) is 2. The van der Waals surface area contributed by atoms with Crippen molar-refractivity contribution in [3.8, 4) is 0 Å². The van der Waals surface area contributed by atoms with Crippen LogP contribution in [0.2, 0.25) is 0 Å². The van der Waals surface area contributed by atoms with Gasteiger partial charge in [-0.2, -0.15) is 5.10 Å². The number of aryl methyl sites for hydroxylation is 1. The van der Waals surface area contributed by atoms with Crippen LogP contribution < -0.4 is 5.32 Å². The summed E-state index contributed by atoms with van der Waals surface area (Å²) in [5, 5.41) is 9.27. The number of nitrogens with zero attached hydrogens (tertiary/aromatic N) is 1. The highest BCUT2D eigenvalue weighted by Gasteiger charge is 2.07. The zero-order chi connectivity index (χ0) is 13.4. The summed E-state index contributed by atoms with van der Waals surface area (Å²) in [6, 6.07) is 1.75. The van der Waals surface area contributed by atoms with E-state index in [0.29, 0.717) is 5.82 Å². The molecule has 1 aromatic heterocycles. The topological polar surface area (TPSA) is 67.0 Å². The van der Waals surface area contributed by atoms with Crippen LogP contribution in [-0.4, -0.2) is 35.7 Å². The fraction of sp³-hybridized carbons (Fsp3) is 0.636. The summed E-state index contributed by atoms with van der Waals surface area (Å²) in [7, 11) is 0. The van der Waals surface area contributed by atoms with Crippen molar-refractivity contribution in [3.05, 3.63) is 11.8 Å². The van der Waals surface area contributed by atoms with E-state index in [1.807, 2.05) is 6.92 Å². The Morgan fingerprint density at radius 1 is 1.61 bits per heavy atom. The minimum atomic E-state index is -2.50. The Morgan fingerprint density at radius 2 is 2.39 bits per heavy atom. The molecule has 0 fully saturated rings. The number of halogens is 2. The molecule has 2 N–H and O–H groups in total. The summed E-state index contributed by atoms with van der Waals surface area (Å²) in [5.74, 6) is 0.135. The Hall–Kier alpha value is -1.50. The van der Waals surface area contributed by atoms with E-state index in [1.165, 1.54) is 0 Å².